The van der Waals surface area contributed by atoms with Gasteiger partial charge in [0, 0.05) is 18.8 Å². The van der Waals surface area contributed by atoms with Crippen molar-refractivity contribution in [1.82, 2.24) is 19.9 Å². The van der Waals surface area contributed by atoms with E-state index in [1.807, 2.05) is 6.92 Å². The van der Waals surface area contributed by atoms with Crippen molar-refractivity contribution in [3.63, 3.8) is 0 Å². The molecule has 8 heteroatoms. The van der Waals surface area contributed by atoms with Crippen molar-refractivity contribution in [2.75, 3.05) is 6.54 Å². The third kappa shape index (κ3) is 3.84. The highest BCUT2D eigenvalue weighted by molar-refractivity contribution is 5.94. The quantitative estimate of drug-likeness (QED) is 0.885. The van der Waals surface area contributed by atoms with Crippen LogP contribution in [0.1, 0.15) is 29.0 Å². The first-order valence-electron chi connectivity index (χ1n) is 6.50. The molecule has 0 aromatic carbocycles. The molecule has 21 heavy (non-hydrogen) atoms. The largest absolute Gasteiger partial charge is 0.350 e. The molecule has 116 valence electrons. The Morgan fingerprint density at radius 3 is 2.81 bits per heavy atom. The van der Waals surface area contributed by atoms with Crippen LogP contribution in [-0.2, 0) is 0 Å². The fraction of sp³-hybridized carbons (Fsp3) is 0.462. The monoisotopic (exact) mass is 331 g/mol. The van der Waals surface area contributed by atoms with Gasteiger partial charge in [-0.25, -0.2) is 0 Å². The summed E-state index contributed by atoms with van der Waals surface area (Å²) in [7, 11) is 0. The number of carbonyl (C=O) groups is 1. The highest BCUT2D eigenvalue weighted by Gasteiger charge is 2.28. The van der Waals surface area contributed by atoms with Crippen LogP contribution in [-0.4, -0.2) is 33.1 Å². The van der Waals surface area contributed by atoms with E-state index >= 15 is 0 Å². The van der Waals surface area contributed by atoms with Crippen molar-refractivity contribution in [2.45, 2.75) is 25.8 Å². The molecule has 1 aliphatic carbocycles. The Balaban J connectivity index is 0.00000110. The van der Waals surface area contributed by atoms with Crippen LogP contribution in [0.3, 0.4) is 0 Å². The maximum atomic E-state index is 12.0. The minimum atomic E-state index is -0.105. The Labute approximate surface area is 135 Å². The summed E-state index contributed by atoms with van der Waals surface area (Å²) in [5.74, 6) is 1.24. The van der Waals surface area contributed by atoms with Gasteiger partial charge in [0.2, 0.25) is 0 Å². The molecule has 0 radical (unpaired) electrons. The molecule has 1 atom stereocenters. The molecule has 2 aromatic heterocycles. The fourth-order valence-electron chi connectivity index (χ4n) is 2.14. The molecule has 1 amide bonds. The van der Waals surface area contributed by atoms with E-state index in [-0.39, 0.29) is 36.8 Å². The first-order chi connectivity index (χ1) is 9.15. The van der Waals surface area contributed by atoms with Crippen LogP contribution in [0.25, 0.3) is 5.65 Å². The van der Waals surface area contributed by atoms with Crippen molar-refractivity contribution >= 4 is 36.4 Å². The molecular formula is C13H19Cl2N5O. The zero-order valence-corrected chi connectivity index (χ0v) is 13.3. The van der Waals surface area contributed by atoms with Gasteiger partial charge in [-0.1, -0.05) is 0 Å². The minimum Gasteiger partial charge on any atom is -0.350 e. The van der Waals surface area contributed by atoms with E-state index in [2.05, 4.69) is 15.5 Å². The zero-order chi connectivity index (χ0) is 13.4. The first kappa shape index (κ1) is 17.7. The van der Waals surface area contributed by atoms with E-state index in [1.165, 1.54) is 12.8 Å². The van der Waals surface area contributed by atoms with Gasteiger partial charge in [-0.2, -0.15) is 0 Å². The Kier molecular flexibility index (Phi) is 5.95. The molecule has 1 unspecified atom stereocenters. The van der Waals surface area contributed by atoms with Gasteiger partial charge >= 0.3 is 0 Å². The molecular weight excluding hydrogens is 313 g/mol. The SMILES string of the molecule is Cc1nnc2ccc(C(=O)NCC(N)C3CC3)cn12.Cl.Cl. The molecule has 6 nitrogen and oxygen atoms in total. The summed E-state index contributed by atoms with van der Waals surface area (Å²) in [6.07, 6.45) is 4.12. The second kappa shape index (κ2) is 7.06. The number of fused-ring (bicyclic) bond motifs is 1. The predicted octanol–water partition coefficient (Wildman–Crippen LogP) is 1.35. The normalized spacial score (nSPS) is 15.0. The number of aryl methyl sites for hydroxylation is 1. The van der Waals surface area contributed by atoms with E-state index < -0.39 is 0 Å². The molecule has 3 N–H and O–H groups in total. The number of nitrogens with one attached hydrogen (secondary N) is 1. The molecule has 1 saturated carbocycles. The average molecular weight is 332 g/mol. The van der Waals surface area contributed by atoms with Gasteiger partial charge in [0.25, 0.3) is 5.91 Å². The average Bonchev–Trinajstić information content (AvgIpc) is 3.21. The summed E-state index contributed by atoms with van der Waals surface area (Å²) in [5, 5.41) is 10.8. The van der Waals surface area contributed by atoms with Crippen LogP contribution >= 0.6 is 24.8 Å². The topological polar surface area (TPSA) is 85.3 Å². The fourth-order valence-corrected chi connectivity index (χ4v) is 2.14. The third-order valence-corrected chi connectivity index (χ3v) is 3.56. The Hall–Kier alpha value is -1.37. The van der Waals surface area contributed by atoms with E-state index in [0.29, 0.717) is 18.0 Å². The number of hydrogen-bond acceptors (Lipinski definition) is 4. The van der Waals surface area contributed by atoms with Gasteiger partial charge in [-0.05, 0) is 37.8 Å². The molecule has 2 heterocycles. The molecule has 0 spiro atoms. The van der Waals surface area contributed by atoms with Crippen LogP contribution in [0.15, 0.2) is 18.3 Å². The van der Waals surface area contributed by atoms with Crippen molar-refractivity contribution in [2.24, 2.45) is 11.7 Å². The second-order valence-electron chi connectivity index (χ2n) is 5.10. The number of pyridine rings is 1. The number of amides is 1. The van der Waals surface area contributed by atoms with Crippen LogP contribution in [0, 0.1) is 12.8 Å². The Morgan fingerprint density at radius 2 is 2.14 bits per heavy atom. The van der Waals surface area contributed by atoms with Gasteiger partial charge in [-0.15, -0.1) is 35.0 Å². The van der Waals surface area contributed by atoms with Crippen LogP contribution in [0.5, 0.6) is 0 Å². The lowest BCUT2D eigenvalue weighted by Crippen LogP contribution is -2.38. The van der Waals surface area contributed by atoms with Crippen molar-refractivity contribution in [3.05, 3.63) is 29.7 Å². The highest BCUT2D eigenvalue weighted by atomic mass is 35.5. The smallest absolute Gasteiger partial charge is 0.252 e. The molecule has 0 bridgehead atoms. The second-order valence-corrected chi connectivity index (χ2v) is 5.10. The number of hydrogen-bond donors (Lipinski definition) is 2. The summed E-state index contributed by atoms with van der Waals surface area (Å²) in [5.41, 5.74) is 7.30. The van der Waals surface area contributed by atoms with E-state index in [0.717, 1.165) is 11.5 Å². The van der Waals surface area contributed by atoms with Gasteiger partial charge in [0.1, 0.15) is 5.82 Å². The summed E-state index contributed by atoms with van der Waals surface area (Å²) >= 11 is 0. The van der Waals surface area contributed by atoms with Crippen LogP contribution < -0.4 is 11.1 Å². The number of nitrogens with two attached hydrogens (primary N) is 1. The van der Waals surface area contributed by atoms with Crippen molar-refractivity contribution < 1.29 is 4.79 Å². The molecule has 1 fully saturated rings. The predicted molar refractivity (Wildman–Crippen MR) is 85.3 cm³/mol. The molecule has 1 aliphatic rings. The van der Waals surface area contributed by atoms with Gasteiger partial charge in [0.05, 0.1) is 5.56 Å². The van der Waals surface area contributed by atoms with Gasteiger partial charge in [-0.3, -0.25) is 9.20 Å². The maximum Gasteiger partial charge on any atom is 0.252 e. The van der Waals surface area contributed by atoms with Crippen molar-refractivity contribution in [1.29, 1.82) is 0 Å². The maximum absolute atomic E-state index is 12.0. The minimum absolute atomic E-state index is 0. The summed E-state index contributed by atoms with van der Waals surface area (Å²) in [6.45, 7) is 2.38. The Bertz CT molecular complexity index is 626. The van der Waals surface area contributed by atoms with E-state index in [9.17, 15) is 4.79 Å². The lowest BCUT2D eigenvalue weighted by Gasteiger charge is -2.11. The van der Waals surface area contributed by atoms with Crippen LogP contribution in [0.4, 0.5) is 0 Å². The third-order valence-electron chi connectivity index (χ3n) is 3.56. The van der Waals surface area contributed by atoms with Gasteiger partial charge in [0.15, 0.2) is 5.65 Å². The standard InChI is InChI=1S/C13H17N5O.2ClH/c1-8-16-17-12-5-4-10(7-18(8)12)13(19)15-6-11(14)9-2-3-9;;/h4-5,7,9,11H,2-3,6,14H2,1H3,(H,15,19);2*1H. The number of aromatic nitrogens is 3. The molecule has 0 aliphatic heterocycles. The number of carbonyl (C=O) groups excluding carboxylic acids is 1. The Morgan fingerprint density at radius 1 is 1.43 bits per heavy atom. The zero-order valence-electron chi connectivity index (χ0n) is 11.7. The van der Waals surface area contributed by atoms with Gasteiger partial charge < -0.3 is 11.1 Å². The molecule has 0 saturated heterocycles. The first-order valence-corrected chi connectivity index (χ1v) is 6.50. The van der Waals surface area contributed by atoms with E-state index in [4.69, 9.17) is 5.73 Å². The summed E-state index contributed by atoms with van der Waals surface area (Å²) in [4.78, 5) is 12.0. The number of rotatable bonds is 4. The van der Waals surface area contributed by atoms with E-state index in [1.54, 1.807) is 22.7 Å². The van der Waals surface area contributed by atoms with Crippen molar-refractivity contribution in [3.8, 4) is 0 Å². The lowest BCUT2D eigenvalue weighted by atomic mass is 10.2. The number of halogens is 2. The number of nitrogens with zero attached hydrogens (tertiary/aromatic N) is 3. The summed E-state index contributed by atoms with van der Waals surface area (Å²) in [6, 6.07) is 3.61. The summed E-state index contributed by atoms with van der Waals surface area (Å²) < 4.78 is 1.80. The lowest BCUT2D eigenvalue weighted by molar-refractivity contribution is 0.0950. The van der Waals surface area contributed by atoms with Crippen LogP contribution in [0.2, 0.25) is 0 Å². The highest BCUT2D eigenvalue weighted by Crippen LogP contribution is 2.31. The molecule has 2 aromatic rings. The molecule has 3 rings (SSSR count).